The van der Waals surface area contributed by atoms with E-state index in [1.165, 1.54) is 4.90 Å². The molecule has 0 heterocycles. The normalized spacial score (nSPS) is 12.1. The maximum Gasteiger partial charge on any atom is 0.244 e. The molecule has 0 spiro atoms. The number of benzene rings is 1. The Morgan fingerprint density at radius 2 is 1.82 bits per heavy atom. The van der Waals surface area contributed by atoms with Crippen LogP contribution in [0.3, 0.4) is 0 Å². The minimum Gasteiger partial charge on any atom is -0.371 e. The van der Waals surface area contributed by atoms with Gasteiger partial charge in [0.25, 0.3) is 0 Å². The Labute approximate surface area is 119 Å². The molecular formula is C11H13BrCl2N2O. The predicted molar refractivity (Wildman–Crippen MR) is 75.9 cm³/mol. The molecule has 1 aromatic rings. The van der Waals surface area contributed by atoms with Gasteiger partial charge in [-0.3, -0.25) is 4.79 Å². The molecule has 1 unspecified atom stereocenters. The molecule has 1 N–H and O–H groups in total. The number of likely N-dealkylation sites (N-methyl/N-ethyl adjacent to an activating group) is 1. The number of amides is 1. The van der Waals surface area contributed by atoms with Gasteiger partial charge < -0.3 is 10.2 Å². The highest BCUT2D eigenvalue weighted by Gasteiger charge is 2.17. The van der Waals surface area contributed by atoms with Crippen LogP contribution in [0.5, 0.6) is 0 Å². The van der Waals surface area contributed by atoms with Gasteiger partial charge in [-0.2, -0.15) is 0 Å². The van der Waals surface area contributed by atoms with Crippen molar-refractivity contribution >= 4 is 50.7 Å². The second-order valence-corrected chi connectivity index (χ2v) is 5.57. The molecule has 6 heteroatoms. The van der Waals surface area contributed by atoms with Crippen molar-refractivity contribution in [2.24, 2.45) is 0 Å². The van der Waals surface area contributed by atoms with E-state index in [4.69, 9.17) is 23.2 Å². The zero-order chi connectivity index (χ0) is 13.2. The zero-order valence-corrected chi connectivity index (χ0v) is 12.8. The number of halogens is 3. The highest BCUT2D eigenvalue weighted by molar-refractivity contribution is 9.10. The maximum absolute atomic E-state index is 11.7. The van der Waals surface area contributed by atoms with E-state index in [0.29, 0.717) is 15.7 Å². The minimum atomic E-state index is -0.388. The summed E-state index contributed by atoms with van der Waals surface area (Å²) in [5, 5.41) is 3.96. The van der Waals surface area contributed by atoms with E-state index in [-0.39, 0.29) is 11.9 Å². The summed E-state index contributed by atoms with van der Waals surface area (Å²) in [5.41, 5.74) is 0.569. The van der Waals surface area contributed by atoms with E-state index in [2.05, 4.69) is 21.2 Å². The van der Waals surface area contributed by atoms with Gasteiger partial charge in [0.1, 0.15) is 6.04 Å². The highest BCUT2D eigenvalue weighted by Crippen LogP contribution is 2.34. The van der Waals surface area contributed by atoms with E-state index in [9.17, 15) is 4.79 Å². The van der Waals surface area contributed by atoms with Gasteiger partial charge in [-0.05, 0) is 19.1 Å². The largest absolute Gasteiger partial charge is 0.371 e. The molecule has 0 aromatic heterocycles. The Morgan fingerprint density at radius 3 is 2.24 bits per heavy atom. The van der Waals surface area contributed by atoms with Crippen LogP contribution in [0.15, 0.2) is 16.6 Å². The Hall–Kier alpha value is -0.450. The monoisotopic (exact) mass is 338 g/mol. The van der Waals surface area contributed by atoms with Gasteiger partial charge in [0.2, 0.25) is 5.91 Å². The smallest absolute Gasteiger partial charge is 0.244 e. The number of rotatable bonds is 3. The van der Waals surface area contributed by atoms with E-state index < -0.39 is 0 Å². The van der Waals surface area contributed by atoms with Crippen molar-refractivity contribution in [2.45, 2.75) is 13.0 Å². The van der Waals surface area contributed by atoms with Crippen molar-refractivity contribution in [3.05, 3.63) is 26.7 Å². The molecule has 0 bridgehead atoms. The van der Waals surface area contributed by atoms with Crippen LogP contribution >= 0.6 is 39.1 Å². The van der Waals surface area contributed by atoms with E-state index >= 15 is 0 Å². The first kappa shape index (κ1) is 14.6. The molecule has 0 aliphatic rings. The summed E-state index contributed by atoms with van der Waals surface area (Å²) in [6, 6.07) is 3.06. The average Bonchev–Trinajstić information content (AvgIpc) is 2.21. The summed E-state index contributed by atoms with van der Waals surface area (Å²) < 4.78 is 0.796. The number of carbonyl (C=O) groups excluding carboxylic acids is 1. The predicted octanol–water partition coefficient (Wildman–Crippen LogP) is 3.64. The molecule has 0 radical (unpaired) electrons. The second kappa shape index (κ2) is 5.94. The lowest BCUT2D eigenvalue weighted by Crippen LogP contribution is -2.36. The lowest BCUT2D eigenvalue weighted by molar-refractivity contribution is -0.129. The number of anilines is 1. The molecule has 3 nitrogen and oxygen atoms in total. The Balaban J connectivity index is 2.92. The number of hydrogen-bond donors (Lipinski definition) is 1. The van der Waals surface area contributed by atoms with E-state index in [1.807, 2.05) is 0 Å². The van der Waals surface area contributed by atoms with Crippen molar-refractivity contribution in [1.82, 2.24) is 4.90 Å². The average molecular weight is 340 g/mol. The molecular weight excluding hydrogens is 327 g/mol. The molecule has 1 rings (SSSR count). The topological polar surface area (TPSA) is 32.3 Å². The Bertz CT molecular complexity index is 414. The number of nitrogens with zero attached hydrogens (tertiary/aromatic N) is 1. The Morgan fingerprint density at radius 1 is 1.35 bits per heavy atom. The SMILES string of the molecule is CC(Nc1c(Cl)cc(Br)cc1Cl)C(=O)N(C)C. The fraction of sp³-hybridized carbons (Fsp3) is 0.364. The third kappa shape index (κ3) is 3.76. The molecule has 0 saturated carbocycles. The van der Waals surface area contributed by atoms with Crippen LogP contribution in [0.4, 0.5) is 5.69 Å². The molecule has 1 atom stereocenters. The molecule has 0 saturated heterocycles. The first-order valence-electron chi connectivity index (χ1n) is 4.95. The van der Waals surface area contributed by atoms with Gasteiger partial charge in [0, 0.05) is 18.6 Å². The van der Waals surface area contributed by atoms with Crippen molar-refractivity contribution in [2.75, 3.05) is 19.4 Å². The molecule has 0 aliphatic heterocycles. The van der Waals surface area contributed by atoms with Gasteiger partial charge in [-0.15, -0.1) is 0 Å². The quantitative estimate of drug-likeness (QED) is 0.911. The van der Waals surface area contributed by atoms with Gasteiger partial charge in [0.15, 0.2) is 0 Å². The van der Waals surface area contributed by atoms with Crippen LogP contribution < -0.4 is 5.32 Å². The molecule has 1 aromatic carbocycles. The summed E-state index contributed by atoms with van der Waals surface area (Å²) in [6.07, 6.45) is 0. The number of nitrogens with one attached hydrogen (secondary N) is 1. The first-order valence-corrected chi connectivity index (χ1v) is 6.50. The second-order valence-electron chi connectivity index (χ2n) is 3.84. The van der Waals surface area contributed by atoms with Crippen molar-refractivity contribution in [3.63, 3.8) is 0 Å². The third-order valence-corrected chi connectivity index (χ3v) is 3.23. The van der Waals surface area contributed by atoms with Gasteiger partial charge >= 0.3 is 0 Å². The minimum absolute atomic E-state index is 0.0416. The van der Waals surface area contributed by atoms with E-state index in [0.717, 1.165) is 4.47 Å². The zero-order valence-electron chi connectivity index (χ0n) is 9.72. The van der Waals surface area contributed by atoms with Gasteiger partial charge in [-0.25, -0.2) is 0 Å². The Kier molecular flexibility index (Phi) is 5.10. The summed E-state index contributed by atoms with van der Waals surface area (Å²) in [5.74, 6) is -0.0416. The van der Waals surface area contributed by atoms with Crippen LogP contribution in [0.2, 0.25) is 10.0 Å². The first-order chi connectivity index (χ1) is 7.82. The molecule has 0 fully saturated rings. The van der Waals surface area contributed by atoms with E-state index in [1.54, 1.807) is 33.2 Å². The van der Waals surface area contributed by atoms with Crippen LogP contribution in [-0.2, 0) is 4.79 Å². The summed E-state index contributed by atoms with van der Waals surface area (Å²) in [4.78, 5) is 13.2. The van der Waals surface area contributed by atoms with Crippen LogP contribution in [0.1, 0.15) is 6.92 Å². The summed E-state index contributed by atoms with van der Waals surface area (Å²) in [7, 11) is 3.40. The number of hydrogen-bond acceptors (Lipinski definition) is 2. The summed E-state index contributed by atoms with van der Waals surface area (Å²) >= 11 is 15.4. The fourth-order valence-corrected chi connectivity index (χ4v) is 2.66. The maximum atomic E-state index is 11.7. The molecule has 17 heavy (non-hydrogen) atoms. The fourth-order valence-electron chi connectivity index (χ4n) is 1.35. The third-order valence-electron chi connectivity index (χ3n) is 2.18. The molecule has 94 valence electrons. The standard InChI is InChI=1S/C11H13BrCl2N2O/c1-6(11(17)16(2)3)15-10-8(13)4-7(12)5-9(10)14/h4-6,15H,1-3H3. The molecule has 0 aliphatic carbocycles. The number of carbonyl (C=O) groups is 1. The van der Waals surface area contributed by atoms with Crippen molar-refractivity contribution in [1.29, 1.82) is 0 Å². The van der Waals surface area contributed by atoms with Crippen molar-refractivity contribution in [3.8, 4) is 0 Å². The lowest BCUT2D eigenvalue weighted by Gasteiger charge is -2.20. The van der Waals surface area contributed by atoms with Gasteiger partial charge in [-0.1, -0.05) is 39.1 Å². The van der Waals surface area contributed by atoms with Crippen LogP contribution in [0, 0.1) is 0 Å². The molecule has 1 amide bonds. The summed E-state index contributed by atoms with van der Waals surface area (Å²) in [6.45, 7) is 1.76. The highest BCUT2D eigenvalue weighted by atomic mass is 79.9. The van der Waals surface area contributed by atoms with Gasteiger partial charge in [0.05, 0.1) is 15.7 Å². The van der Waals surface area contributed by atoms with Crippen LogP contribution in [0.25, 0.3) is 0 Å². The lowest BCUT2D eigenvalue weighted by atomic mass is 10.2. The van der Waals surface area contributed by atoms with Crippen molar-refractivity contribution < 1.29 is 4.79 Å². The van der Waals surface area contributed by atoms with Crippen LogP contribution in [-0.4, -0.2) is 30.9 Å².